The maximum Gasteiger partial charge on any atom is 0.253 e. The lowest BCUT2D eigenvalue weighted by molar-refractivity contribution is 0.0938. The van der Waals surface area contributed by atoms with Crippen molar-refractivity contribution in [3.8, 4) is 0 Å². The summed E-state index contributed by atoms with van der Waals surface area (Å²) in [6.07, 6.45) is 6.78. The largest absolute Gasteiger partial charge is 0.350 e. The number of pyridine rings is 1. The van der Waals surface area contributed by atoms with E-state index in [9.17, 15) is 4.79 Å². The molecule has 1 unspecified atom stereocenters. The third-order valence-electron chi connectivity index (χ3n) is 2.98. The lowest BCUT2D eigenvalue weighted by atomic mass is 10.1. The van der Waals surface area contributed by atoms with Crippen LogP contribution in [0.3, 0.4) is 0 Å². The van der Waals surface area contributed by atoms with Gasteiger partial charge in [-0.15, -0.1) is 0 Å². The predicted molar refractivity (Wildman–Crippen MR) is 66.3 cm³/mol. The average molecular weight is 234 g/mol. The molecule has 5 nitrogen and oxygen atoms in total. The van der Waals surface area contributed by atoms with Crippen LogP contribution in [-0.4, -0.2) is 16.9 Å². The first-order chi connectivity index (χ1) is 8.20. The van der Waals surface area contributed by atoms with E-state index in [1.807, 2.05) is 6.92 Å². The number of hydrogen-bond acceptors (Lipinski definition) is 4. The lowest BCUT2D eigenvalue weighted by Crippen LogP contribution is -2.33. The van der Waals surface area contributed by atoms with E-state index in [-0.39, 0.29) is 11.9 Å². The fourth-order valence-electron chi connectivity index (χ4n) is 1.92. The van der Waals surface area contributed by atoms with Crippen molar-refractivity contribution in [2.24, 2.45) is 11.8 Å². The van der Waals surface area contributed by atoms with Crippen LogP contribution in [0.5, 0.6) is 0 Å². The van der Waals surface area contributed by atoms with Crippen LogP contribution in [0.1, 0.15) is 36.5 Å². The highest BCUT2D eigenvalue weighted by molar-refractivity contribution is 5.99. The Morgan fingerprint density at radius 1 is 1.65 bits per heavy atom. The number of hydrazine groups is 1. The molecule has 0 spiro atoms. The maximum absolute atomic E-state index is 12.0. The predicted octanol–water partition coefficient (Wildman–Crippen LogP) is 1.29. The third kappa shape index (κ3) is 3.17. The zero-order chi connectivity index (χ0) is 12.3. The Labute approximate surface area is 101 Å². The van der Waals surface area contributed by atoms with Crippen LogP contribution in [-0.2, 0) is 0 Å². The van der Waals surface area contributed by atoms with Crippen LogP contribution in [0.15, 0.2) is 18.5 Å². The molecule has 0 bridgehead atoms. The highest BCUT2D eigenvalue weighted by Gasteiger charge is 2.24. The second kappa shape index (κ2) is 5.14. The van der Waals surface area contributed by atoms with Gasteiger partial charge in [0.2, 0.25) is 0 Å². The first-order valence-electron chi connectivity index (χ1n) is 5.92. The number of carbonyl (C=O) groups is 1. The Balaban J connectivity index is 1.97. The van der Waals surface area contributed by atoms with Gasteiger partial charge in [-0.05, 0) is 25.3 Å². The SMILES string of the molecule is CC(CC1CC1)NC(=O)c1ccncc1NN. The van der Waals surface area contributed by atoms with Crippen molar-refractivity contribution in [3.05, 3.63) is 24.0 Å². The molecule has 0 aromatic carbocycles. The monoisotopic (exact) mass is 234 g/mol. The number of nitrogens with two attached hydrogens (primary N) is 1. The van der Waals surface area contributed by atoms with Crippen molar-refractivity contribution in [1.29, 1.82) is 0 Å². The average Bonchev–Trinajstić information content (AvgIpc) is 3.12. The second-order valence-electron chi connectivity index (χ2n) is 4.62. The van der Waals surface area contributed by atoms with Crippen LogP contribution in [0, 0.1) is 5.92 Å². The van der Waals surface area contributed by atoms with Crippen molar-refractivity contribution in [1.82, 2.24) is 10.3 Å². The highest BCUT2D eigenvalue weighted by Crippen LogP contribution is 2.33. The quantitative estimate of drug-likeness (QED) is 0.529. The summed E-state index contributed by atoms with van der Waals surface area (Å²) >= 11 is 0. The molecule has 1 saturated carbocycles. The molecule has 1 aromatic heterocycles. The summed E-state index contributed by atoms with van der Waals surface area (Å²) in [7, 11) is 0. The molecule has 1 aliphatic rings. The molecule has 2 rings (SSSR count). The number of nitrogens with one attached hydrogen (secondary N) is 2. The van der Waals surface area contributed by atoms with Gasteiger partial charge in [0.05, 0.1) is 17.4 Å². The van der Waals surface area contributed by atoms with E-state index >= 15 is 0 Å². The minimum absolute atomic E-state index is 0.103. The summed E-state index contributed by atoms with van der Waals surface area (Å²) in [5.74, 6) is 6.04. The van der Waals surface area contributed by atoms with Gasteiger partial charge in [0, 0.05) is 12.2 Å². The summed E-state index contributed by atoms with van der Waals surface area (Å²) < 4.78 is 0. The molecule has 17 heavy (non-hydrogen) atoms. The van der Waals surface area contributed by atoms with Crippen molar-refractivity contribution in [2.45, 2.75) is 32.2 Å². The molecule has 4 N–H and O–H groups in total. The molecule has 1 aliphatic carbocycles. The van der Waals surface area contributed by atoms with Crippen LogP contribution in [0.2, 0.25) is 0 Å². The van der Waals surface area contributed by atoms with E-state index in [1.54, 1.807) is 18.5 Å². The topological polar surface area (TPSA) is 80.0 Å². The second-order valence-corrected chi connectivity index (χ2v) is 4.62. The van der Waals surface area contributed by atoms with E-state index in [0.29, 0.717) is 11.3 Å². The fraction of sp³-hybridized carbons (Fsp3) is 0.500. The van der Waals surface area contributed by atoms with Crippen molar-refractivity contribution in [2.75, 3.05) is 5.43 Å². The van der Waals surface area contributed by atoms with Crippen molar-refractivity contribution < 1.29 is 4.79 Å². The summed E-state index contributed by atoms with van der Waals surface area (Å²) in [6.45, 7) is 2.03. The molecule has 5 heteroatoms. The molecule has 1 atom stereocenters. The van der Waals surface area contributed by atoms with Crippen molar-refractivity contribution >= 4 is 11.6 Å². The van der Waals surface area contributed by atoms with Gasteiger partial charge >= 0.3 is 0 Å². The van der Waals surface area contributed by atoms with Gasteiger partial charge in [-0.2, -0.15) is 0 Å². The zero-order valence-corrected chi connectivity index (χ0v) is 9.94. The van der Waals surface area contributed by atoms with Crippen LogP contribution >= 0.6 is 0 Å². The maximum atomic E-state index is 12.0. The van der Waals surface area contributed by atoms with E-state index in [0.717, 1.165) is 12.3 Å². The standard InChI is InChI=1S/C12H18N4O/c1-8(6-9-2-3-9)15-12(17)10-4-5-14-7-11(10)16-13/h4-5,7-9,16H,2-3,6,13H2,1H3,(H,15,17). The number of amides is 1. The number of hydrogen-bond donors (Lipinski definition) is 3. The molecule has 0 saturated heterocycles. The smallest absolute Gasteiger partial charge is 0.253 e. The lowest BCUT2D eigenvalue weighted by Gasteiger charge is -2.14. The molecule has 1 amide bonds. The fourth-order valence-corrected chi connectivity index (χ4v) is 1.92. The van der Waals surface area contributed by atoms with Crippen LogP contribution < -0.4 is 16.6 Å². The zero-order valence-electron chi connectivity index (χ0n) is 9.94. The molecular weight excluding hydrogens is 216 g/mol. The van der Waals surface area contributed by atoms with Gasteiger partial charge in [0.15, 0.2) is 0 Å². The first kappa shape index (κ1) is 11.9. The Bertz CT molecular complexity index is 403. The normalized spacial score (nSPS) is 16.4. The van der Waals surface area contributed by atoms with E-state index in [4.69, 9.17) is 5.84 Å². The van der Waals surface area contributed by atoms with E-state index in [2.05, 4.69) is 15.7 Å². The molecule has 1 heterocycles. The molecular formula is C12H18N4O. The van der Waals surface area contributed by atoms with Gasteiger partial charge in [-0.3, -0.25) is 15.6 Å². The first-order valence-corrected chi connectivity index (χ1v) is 5.92. The minimum Gasteiger partial charge on any atom is -0.350 e. The van der Waals surface area contributed by atoms with Gasteiger partial charge in [-0.1, -0.05) is 12.8 Å². The Hall–Kier alpha value is -1.62. The number of anilines is 1. The van der Waals surface area contributed by atoms with Gasteiger partial charge in [0.1, 0.15) is 0 Å². The number of rotatable bonds is 5. The van der Waals surface area contributed by atoms with Gasteiger partial charge in [0.25, 0.3) is 5.91 Å². The van der Waals surface area contributed by atoms with E-state index in [1.165, 1.54) is 12.8 Å². The number of nitrogens with zero attached hydrogens (tertiary/aromatic N) is 1. The number of carbonyl (C=O) groups excluding carboxylic acids is 1. The molecule has 0 radical (unpaired) electrons. The Morgan fingerprint density at radius 2 is 2.41 bits per heavy atom. The number of nitrogen functional groups attached to an aromatic ring is 1. The summed E-state index contributed by atoms with van der Waals surface area (Å²) in [5, 5.41) is 2.98. The van der Waals surface area contributed by atoms with E-state index < -0.39 is 0 Å². The van der Waals surface area contributed by atoms with Gasteiger partial charge < -0.3 is 10.7 Å². The third-order valence-corrected chi connectivity index (χ3v) is 2.98. The van der Waals surface area contributed by atoms with Crippen LogP contribution in [0.25, 0.3) is 0 Å². The highest BCUT2D eigenvalue weighted by atomic mass is 16.1. The van der Waals surface area contributed by atoms with Gasteiger partial charge in [-0.25, -0.2) is 0 Å². The molecule has 1 fully saturated rings. The summed E-state index contributed by atoms with van der Waals surface area (Å²) in [6, 6.07) is 1.86. The summed E-state index contributed by atoms with van der Waals surface area (Å²) in [4.78, 5) is 15.9. The minimum atomic E-state index is -0.103. The molecule has 0 aliphatic heterocycles. The van der Waals surface area contributed by atoms with Crippen LogP contribution in [0.4, 0.5) is 5.69 Å². The Morgan fingerprint density at radius 3 is 3.06 bits per heavy atom. The number of aromatic nitrogens is 1. The van der Waals surface area contributed by atoms with Crippen molar-refractivity contribution in [3.63, 3.8) is 0 Å². The molecule has 1 aromatic rings. The molecule has 92 valence electrons. The summed E-state index contributed by atoms with van der Waals surface area (Å²) in [5.41, 5.74) is 3.56. The Kier molecular flexibility index (Phi) is 3.58.